The first-order valence-corrected chi connectivity index (χ1v) is 5.91. The Morgan fingerprint density at radius 2 is 1.47 bits per heavy atom. The molecule has 0 saturated heterocycles. The standard InChI is InChI=1S/C16H15N/c17-13-5-4-6-14-9-11-16(12-10-14)15-7-2-1-3-8-15/h1-3,7-12H,4-6H2. The number of hydrogen-bond acceptors (Lipinski definition) is 1. The van der Waals surface area contributed by atoms with Gasteiger partial charge in [0.1, 0.15) is 0 Å². The van der Waals surface area contributed by atoms with Gasteiger partial charge in [-0.1, -0.05) is 54.6 Å². The molecule has 0 atom stereocenters. The third kappa shape index (κ3) is 3.19. The Morgan fingerprint density at radius 1 is 0.824 bits per heavy atom. The number of aryl methyl sites for hydroxylation is 1. The second-order valence-electron chi connectivity index (χ2n) is 4.07. The monoisotopic (exact) mass is 221 g/mol. The highest BCUT2D eigenvalue weighted by atomic mass is 14.2. The SMILES string of the molecule is N#CCCCc1ccc(-c2ccccc2)cc1. The van der Waals surface area contributed by atoms with Crippen LogP contribution in [0.25, 0.3) is 11.1 Å². The van der Waals surface area contributed by atoms with Gasteiger partial charge in [-0.2, -0.15) is 5.26 Å². The summed E-state index contributed by atoms with van der Waals surface area (Å²) < 4.78 is 0. The molecule has 0 aromatic heterocycles. The molecule has 0 heterocycles. The van der Waals surface area contributed by atoms with Crippen LogP contribution in [0.1, 0.15) is 18.4 Å². The summed E-state index contributed by atoms with van der Waals surface area (Å²) in [5.41, 5.74) is 3.80. The molecule has 1 heteroatoms. The number of rotatable bonds is 4. The van der Waals surface area contributed by atoms with Crippen LogP contribution in [0.5, 0.6) is 0 Å². The van der Waals surface area contributed by atoms with Gasteiger partial charge in [-0.25, -0.2) is 0 Å². The van der Waals surface area contributed by atoms with Crippen molar-refractivity contribution < 1.29 is 0 Å². The van der Waals surface area contributed by atoms with Crippen LogP contribution in [0.2, 0.25) is 0 Å². The van der Waals surface area contributed by atoms with Crippen molar-refractivity contribution >= 4 is 0 Å². The number of nitrogens with zero attached hydrogens (tertiary/aromatic N) is 1. The van der Waals surface area contributed by atoms with Crippen molar-refractivity contribution in [1.82, 2.24) is 0 Å². The molecule has 0 bridgehead atoms. The van der Waals surface area contributed by atoms with Crippen LogP contribution < -0.4 is 0 Å². The third-order valence-corrected chi connectivity index (χ3v) is 2.82. The van der Waals surface area contributed by atoms with Crippen molar-refractivity contribution in [2.75, 3.05) is 0 Å². The minimum Gasteiger partial charge on any atom is -0.198 e. The van der Waals surface area contributed by atoms with Crippen molar-refractivity contribution in [1.29, 1.82) is 5.26 Å². The molecular formula is C16H15N. The van der Waals surface area contributed by atoms with E-state index in [1.807, 2.05) is 6.07 Å². The summed E-state index contributed by atoms with van der Waals surface area (Å²) in [6.07, 6.45) is 2.57. The summed E-state index contributed by atoms with van der Waals surface area (Å²) in [4.78, 5) is 0. The molecule has 0 radical (unpaired) electrons. The molecular weight excluding hydrogens is 206 g/mol. The number of nitriles is 1. The van der Waals surface area contributed by atoms with E-state index in [9.17, 15) is 0 Å². The Bertz CT molecular complexity index is 491. The fourth-order valence-electron chi connectivity index (χ4n) is 1.87. The lowest BCUT2D eigenvalue weighted by molar-refractivity contribution is 0.851. The minimum absolute atomic E-state index is 0.639. The van der Waals surface area contributed by atoms with E-state index in [0.29, 0.717) is 6.42 Å². The Hall–Kier alpha value is -2.07. The van der Waals surface area contributed by atoms with Crippen LogP contribution in [0.3, 0.4) is 0 Å². The lowest BCUT2D eigenvalue weighted by Crippen LogP contribution is -1.85. The average molecular weight is 221 g/mol. The molecule has 17 heavy (non-hydrogen) atoms. The molecule has 0 N–H and O–H groups in total. The van der Waals surface area contributed by atoms with Crippen molar-refractivity contribution in [2.24, 2.45) is 0 Å². The molecule has 0 aliphatic carbocycles. The van der Waals surface area contributed by atoms with E-state index in [1.54, 1.807) is 0 Å². The summed E-state index contributed by atoms with van der Waals surface area (Å²) in [7, 11) is 0. The third-order valence-electron chi connectivity index (χ3n) is 2.82. The Balaban J connectivity index is 2.06. The zero-order valence-electron chi connectivity index (χ0n) is 9.76. The van der Waals surface area contributed by atoms with E-state index in [-0.39, 0.29) is 0 Å². The summed E-state index contributed by atoms with van der Waals surface area (Å²) in [5.74, 6) is 0. The quantitative estimate of drug-likeness (QED) is 0.710. The van der Waals surface area contributed by atoms with E-state index in [1.165, 1.54) is 16.7 Å². The fourth-order valence-corrected chi connectivity index (χ4v) is 1.87. The second-order valence-corrected chi connectivity index (χ2v) is 4.07. The number of hydrogen-bond donors (Lipinski definition) is 0. The van der Waals surface area contributed by atoms with Gasteiger partial charge in [0, 0.05) is 6.42 Å². The first-order valence-electron chi connectivity index (χ1n) is 5.91. The maximum atomic E-state index is 8.49. The molecule has 1 nitrogen and oxygen atoms in total. The van der Waals surface area contributed by atoms with Crippen LogP contribution in [-0.4, -0.2) is 0 Å². The van der Waals surface area contributed by atoms with Gasteiger partial charge in [-0.05, 0) is 29.5 Å². The van der Waals surface area contributed by atoms with Gasteiger partial charge in [0.2, 0.25) is 0 Å². The maximum absolute atomic E-state index is 8.49. The first-order chi connectivity index (χ1) is 8.40. The molecule has 2 aromatic rings. The van der Waals surface area contributed by atoms with Gasteiger partial charge in [-0.15, -0.1) is 0 Å². The van der Waals surface area contributed by atoms with Gasteiger partial charge in [0.25, 0.3) is 0 Å². The maximum Gasteiger partial charge on any atom is 0.0621 e. The van der Waals surface area contributed by atoms with Crippen molar-refractivity contribution in [3.8, 4) is 17.2 Å². The zero-order chi connectivity index (χ0) is 11.9. The Labute approximate surface area is 102 Å². The summed E-state index contributed by atoms with van der Waals surface area (Å²) in [5, 5.41) is 8.49. The first kappa shape index (κ1) is 11.4. The average Bonchev–Trinajstić information content (AvgIpc) is 2.41. The second kappa shape index (κ2) is 5.86. The van der Waals surface area contributed by atoms with Crippen molar-refractivity contribution in [2.45, 2.75) is 19.3 Å². The molecule has 0 fully saturated rings. The van der Waals surface area contributed by atoms with Gasteiger partial charge >= 0.3 is 0 Å². The molecule has 0 saturated carbocycles. The van der Waals surface area contributed by atoms with Gasteiger partial charge in [0.05, 0.1) is 6.07 Å². The molecule has 0 aliphatic heterocycles. The minimum atomic E-state index is 0.639. The number of unbranched alkanes of at least 4 members (excludes halogenated alkanes) is 1. The Kier molecular flexibility index (Phi) is 3.94. The highest BCUT2D eigenvalue weighted by Crippen LogP contribution is 2.19. The van der Waals surface area contributed by atoms with Gasteiger partial charge in [-0.3, -0.25) is 0 Å². The van der Waals surface area contributed by atoms with E-state index in [2.05, 4.69) is 54.6 Å². The number of benzene rings is 2. The molecule has 0 amide bonds. The van der Waals surface area contributed by atoms with Crippen molar-refractivity contribution in [3.05, 3.63) is 60.2 Å². The molecule has 84 valence electrons. The van der Waals surface area contributed by atoms with Gasteiger partial charge in [0.15, 0.2) is 0 Å². The van der Waals surface area contributed by atoms with E-state index in [4.69, 9.17) is 5.26 Å². The fraction of sp³-hybridized carbons (Fsp3) is 0.188. The highest BCUT2D eigenvalue weighted by molar-refractivity contribution is 5.63. The van der Waals surface area contributed by atoms with Crippen LogP contribution in [0, 0.1) is 11.3 Å². The highest BCUT2D eigenvalue weighted by Gasteiger charge is 1.97. The summed E-state index contributed by atoms with van der Waals surface area (Å²) in [6.45, 7) is 0. The van der Waals surface area contributed by atoms with Crippen LogP contribution in [-0.2, 0) is 6.42 Å². The smallest absolute Gasteiger partial charge is 0.0621 e. The zero-order valence-corrected chi connectivity index (χ0v) is 9.76. The predicted octanol–water partition coefficient (Wildman–Crippen LogP) is 4.20. The molecule has 0 aliphatic rings. The van der Waals surface area contributed by atoms with E-state index >= 15 is 0 Å². The molecule has 2 rings (SSSR count). The molecule has 0 unspecified atom stereocenters. The molecule has 2 aromatic carbocycles. The Morgan fingerprint density at radius 3 is 2.12 bits per heavy atom. The van der Waals surface area contributed by atoms with Gasteiger partial charge < -0.3 is 0 Å². The van der Waals surface area contributed by atoms with E-state index in [0.717, 1.165) is 12.8 Å². The summed E-state index contributed by atoms with van der Waals surface area (Å²) in [6, 6.07) is 21.1. The lowest BCUT2D eigenvalue weighted by atomic mass is 10.0. The van der Waals surface area contributed by atoms with Crippen molar-refractivity contribution in [3.63, 3.8) is 0 Å². The summed E-state index contributed by atoms with van der Waals surface area (Å²) >= 11 is 0. The lowest BCUT2D eigenvalue weighted by Gasteiger charge is -2.03. The van der Waals surface area contributed by atoms with Crippen LogP contribution >= 0.6 is 0 Å². The predicted molar refractivity (Wildman–Crippen MR) is 70.4 cm³/mol. The van der Waals surface area contributed by atoms with E-state index < -0.39 is 0 Å². The largest absolute Gasteiger partial charge is 0.198 e. The van der Waals surface area contributed by atoms with Crippen LogP contribution in [0.15, 0.2) is 54.6 Å². The topological polar surface area (TPSA) is 23.8 Å². The molecule has 0 spiro atoms. The normalized spacial score (nSPS) is 9.82. The van der Waals surface area contributed by atoms with Crippen LogP contribution in [0.4, 0.5) is 0 Å².